The third-order valence-corrected chi connectivity index (χ3v) is 7.83. The average Bonchev–Trinajstić information content (AvgIpc) is 2.88. The van der Waals surface area contributed by atoms with E-state index in [1.165, 1.54) is 6.07 Å². The Balaban J connectivity index is 1.69. The first-order valence-corrected chi connectivity index (χ1v) is 13.1. The first-order valence-electron chi connectivity index (χ1n) is 13.1. The van der Waals surface area contributed by atoms with Crippen molar-refractivity contribution >= 4 is 5.91 Å². The van der Waals surface area contributed by atoms with E-state index in [0.29, 0.717) is 24.1 Å². The second-order valence-corrected chi connectivity index (χ2v) is 10.0. The number of carbonyl (C=O) groups is 1. The van der Waals surface area contributed by atoms with Crippen LogP contribution in [0.2, 0.25) is 0 Å². The lowest BCUT2D eigenvalue weighted by Crippen LogP contribution is -2.50. The fourth-order valence-corrected chi connectivity index (χ4v) is 5.96. The fourth-order valence-electron chi connectivity index (χ4n) is 5.96. The van der Waals surface area contributed by atoms with E-state index >= 15 is 4.39 Å². The number of aliphatic hydroxyl groups is 1. The zero-order chi connectivity index (χ0) is 24.1. The van der Waals surface area contributed by atoms with Crippen LogP contribution in [0.4, 0.5) is 4.39 Å². The second-order valence-electron chi connectivity index (χ2n) is 10.0. The average molecular weight is 467 g/mol. The molecule has 34 heavy (non-hydrogen) atoms. The molecule has 2 atom stereocenters. The van der Waals surface area contributed by atoms with Crippen LogP contribution in [0.3, 0.4) is 0 Å². The van der Waals surface area contributed by atoms with Crippen LogP contribution in [0, 0.1) is 17.7 Å². The third-order valence-electron chi connectivity index (χ3n) is 7.83. The summed E-state index contributed by atoms with van der Waals surface area (Å²) in [7, 11) is 0. The van der Waals surface area contributed by atoms with Crippen LogP contribution in [0.15, 0.2) is 42.5 Å². The van der Waals surface area contributed by atoms with Crippen LogP contribution in [0.25, 0.3) is 11.1 Å². The van der Waals surface area contributed by atoms with Gasteiger partial charge in [0.25, 0.3) is 0 Å². The monoisotopic (exact) mass is 466 g/mol. The van der Waals surface area contributed by atoms with Gasteiger partial charge in [-0.15, -0.1) is 0 Å². The van der Waals surface area contributed by atoms with Gasteiger partial charge >= 0.3 is 0 Å². The zero-order valence-corrected chi connectivity index (χ0v) is 20.7. The van der Waals surface area contributed by atoms with E-state index in [9.17, 15) is 9.90 Å². The number of nitrogens with zero attached hydrogens (tertiary/aromatic N) is 1. The first-order chi connectivity index (χ1) is 16.5. The molecule has 2 fully saturated rings. The molecule has 2 aliphatic heterocycles. The summed E-state index contributed by atoms with van der Waals surface area (Å²) in [6, 6.07) is 13.1. The third kappa shape index (κ3) is 5.06. The Morgan fingerprint density at radius 1 is 1.15 bits per heavy atom. The minimum absolute atomic E-state index is 0.0702. The Morgan fingerprint density at radius 3 is 2.65 bits per heavy atom. The maximum atomic E-state index is 15.4. The topological polar surface area (TPSA) is 52.6 Å². The number of nitrogens with one attached hydrogen (secondary N) is 1. The Morgan fingerprint density at radius 2 is 1.91 bits per heavy atom. The second kappa shape index (κ2) is 11.0. The summed E-state index contributed by atoms with van der Waals surface area (Å²) in [6.45, 7) is 7.20. The van der Waals surface area contributed by atoms with E-state index in [1.807, 2.05) is 35.2 Å². The van der Waals surface area contributed by atoms with E-state index in [4.69, 9.17) is 0 Å². The lowest BCUT2D eigenvalue weighted by Gasteiger charge is -2.44. The SMILES string of the molecule is CCCC(O)(c1cccc(F)c1-c1cccc(CC)c1)C1CCCN(C(=O)C2CCNCC2)C1. The molecule has 0 aliphatic carbocycles. The Kier molecular flexibility index (Phi) is 8.05. The van der Waals surface area contributed by atoms with Gasteiger partial charge in [-0.05, 0) is 74.4 Å². The molecule has 2 saturated heterocycles. The molecule has 2 aliphatic rings. The van der Waals surface area contributed by atoms with E-state index in [1.54, 1.807) is 6.07 Å². The van der Waals surface area contributed by atoms with Gasteiger partial charge in [0.05, 0.1) is 5.60 Å². The number of piperidine rings is 2. The van der Waals surface area contributed by atoms with Gasteiger partial charge in [-0.2, -0.15) is 0 Å². The Hall–Kier alpha value is -2.24. The molecule has 5 heteroatoms. The van der Waals surface area contributed by atoms with Crippen molar-refractivity contribution in [3.8, 4) is 11.1 Å². The number of amides is 1. The van der Waals surface area contributed by atoms with E-state index in [2.05, 4.69) is 19.2 Å². The van der Waals surface area contributed by atoms with Crippen molar-refractivity contribution < 1.29 is 14.3 Å². The number of hydrogen-bond donors (Lipinski definition) is 2. The van der Waals surface area contributed by atoms with Crippen LogP contribution >= 0.6 is 0 Å². The van der Waals surface area contributed by atoms with Crippen molar-refractivity contribution in [1.29, 1.82) is 0 Å². The van der Waals surface area contributed by atoms with Crippen molar-refractivity contribution in [1.82, 2.24) is 10.2 Å². The van der Waals surface area contributed by atoms with Gasteiger partial charge in [0, 0.05) is 30.5 Å². The normalized spacial score (nSPS) is 21.3. The molecule has 2 unspecified atom stereocenters. The summed E-state index contributed by atoms with van der Waals surface area (Å²) >= 11 is 0. The van der Waals surface area contributed by atoms with E-state index in [-0.39, 0.29) is 23.6 Å². The predicted molar refractivity (Wildman–Crippen MR) is 135 cm³/mol. The lowest BCUT2D eigenvalue weighted by atomic mass is 9.72. The van der Waals surface area contributed by atoms with Gasteiger partial charge < -0.3 is 15.3 Å². The van der Waals surface area contributed by atoms with Gasteiger partial charge in [-0.25, -0.2) is 4.39 Å². The summed E-state index contributed by atoms with van der Waals surface area (Å²) in [5.41, 5.74) is 1.91. The summed E-state index contributed by atoms with van der Waals surface area (Å²) in [5.74, 6) is -0.138. The van der Waals surface area contributed by atoms with Crippen molar-refractivity contribution in [2.75, 3.05) is 26.2 Å². The highest BCUT2D eigenvalue weighted by Crippen LogP contribution is 2.44. The summed E-state index contributed by atoms with van der Waals surface area (Å²) < 4.78 is 15.4. The summed E-state index contributed by atoms with van der Waals surface area (Å²) in [5, 5.41) is 15.6. The molecule has 0 aromatic heterocycles. The van der Waals surface area contributed by atoms with Crippen molar-refractivity contribution in [2.45, 2.75) is 64.4 Å². The van der Waals surface area contributed by atoms with Crippen LogP contribution < -0.4 is 5.32 Å². The van der Waals surface area contributed by atoms with Gasteiger partial charge in [-0.1, -0.05) is 56.7 Å². The molecule has 2 aromatic rings. The molecule has 4 rings (SSSR count). The molecule has 0 spiro atoms. The number of rotatable bonds is 7. The number of benzene rings is 2. The quantitative estimate of drug-likeness (QED) is 0.584. The fraction of sp³-hybridized carbons (Fsp3) is 0.552. The molecule has 4 nitrogen and oxygen atoms in total. The van der Waals surface area contributed by atoms with Crippen molar-refractivity contribution in [2.24, 2.45) is 11.8 Å². The highest BCUT2D eigenvalue weighted by molar-refractivity contribution is 5.79. The molecule has 0 saturated carbocycles. The van der Waals surface area contributed by atoms with Crippen LogP contribution in [0.5, 0.6) is 0 Å². The zero-order valence-electron chi connectivity index (χ0n) is 20.7. The Bertz CT molecular complexity index is 988. The van der Waals surface area contributed by atoms with Gasteiger partial charge in [0.2, 0.25) is 5.91 Å². The van der Waals surface area contributed by atoms with Gasteiger partial charge in [0.1, 0.15) is 5.82 Å². The highest BCUT2D eigenvalue weighted by Gasteiger charge is 2.43. The van der Waals surface area contributed by atoms with Crippen molar-refractivity contribution in [3.05, 3.63) is 59.4 Å². The van der Waals surface area contributed by atoms with E-state index in [0.717, 1.165) is 69.3 Å². The number of halogens is 1. The molecule has 2 N–H and O–H groups in total. The number of hydrogen-bond acceptors (Lipinski definition) is 3. The van der Waals surface area contributed by atoms with Crippen LogP contribution in [-0.2, 0) is 16.8 Å². The summed E-state index contributed by atoms with van der Waals surface area (Å²) in [4.78, 5) is 15.3. The van der Waals surface area contributed by atoms with Crippen LogP contribution in [-0.4, -0.2) is 42.1 Å². The smallest absolute Gasteiger partial charge is 0.225 e. The summed E-state index contributed by atoms with van der Waals surface area (Å²) in [6.07, 6.45) is 5.63. The minimum Gasteiger partial charge on any atom is -0.385 e. The molecule has 1 amide bonds. The number of likely N-dealkylation sites (tertiary alicyclic amines) is 1. The molecule has 2 aromatic carbocycles. The molecule has 0 bridgehead atoms. The molecular weight excluding hydrogens is 427 g/mol. The maximum Gasteiger partial charge on any atom is 0.225 e. The van der Waals surface area contributed by atoms with Gasteiger partial charge in [-0.3, -0.25) is 4.79 Å². The standard InChI is InChI=1S/C29H39FN2O2/c1-3-15-29(34,24-10-7-18-32(20-24)28(33)22-13-16-31-17-14-22)25-11-6-12-26(30)27(25)23-9-5-8-21(4-2)19-23/h5-6,8-9,11-12,19,22,24,31,34H,3-4,7,10,13-18,20H2,1-2H3. The highest BCUT2D eigenvalue weighted by atomic mass is 19.1. The number of carbonyl (C=O) groups excluding carboxylic acids is 1. The first kappa shape index (κ1) is 24.9. The van der Waals surface area contributed by atoms with Crippen molar-refractivity contribution in [3.63, 3.8) is 0 Å². The number of aryl methyl sites for hydroxylation is 1. The molecule has 2 heterocycles. The molecule has 184 valence electrons. The Labute approximate surface area is 203 Å². The molecular formula is C29H39FN2O2. The largest absolute Gasteiger partial charge is 0.385 e. The maximum absolute atomic E-state index is 15.4. The molecule has 0 radical (unpaired) electrons. The van der Waals surface area contributed by atoms with E-state index < -0.39 is 5.60 Å². The lowest BCUT2D eigenvalue weighted by molar-refractivity contribution is -0.141. The predicted octanol–water partition coefficient (Wildman–Crippen LogP) is 5.28. The van der Waals surface area contributed by atoms with Crippen LogP contribution in [0.1, 0.15) is 63.5 Å². The van der Waals surface area contributed by atoms with Gasteiger partial charge in [0.15, 0.2) is 0 Å². The minimum atomic E-state index is -1.19.